The highest BCUT2D eigenvalue weighted by molar-refractivity contribution is 7.85. The summed E-state index contributed by atoms with van der Waals surface area (Å²) in [6, 6.07) is 21.6. The predicted molar refractivity (Wildman–Crippen MR) is 135 cm³/mol. The Hall–Kier alpha value is -2.91. The maximum Gasteiger partial charge on any atom is 0.261 e. The van der Waals surface area contributed by atoms with Crippen LogP contribution >= 0.6 is 0 Å². The van der Waals surface area contributed by atoms with Crippen molar-refractivity contribution in [1.29, 1.82) is 0 Å². The van der Waals surface area contributed by atoms with Crippen LogP contribution in [0.4, 0.5) is 0 Å². The van der Waals surface area contributed by atoms with E-state index in [2.05, 4.69) is 19.2 Å². The Balaban J connectivity index is 0.000000739. The maximum absolute atomic E-state index is 10.5. The smallest absolute Gasteiger partial charge is 0.261 e. The fraction of sp³-hybridized carbons (Fsp3) is 0.308. The number of aliphatic hydroxyl groups is 1. The van der Waals surface area contributed by atoms with Crippen LogP contribution in [0.3, 0.4) is 0 Å². The van der Waals surface area contributed by atoms with Crippen LogP contribution in [0.5, 0.6) is 23.0 Å². The van der Waals surface area contributed by atoms with Crippen LogP contribution in [0.2, 0.25) is 0 Å². The molecule has 0 saturated carbocycles. The first-order valence-corrected chi connectivity index (χ1v) is 12.7. The number of nitrogens with one attached hydrogen (secondary N) is 1. The number of aliphatic hydroxyl groups excluding tert-OH is 1. The summed E-state index contributed by atoms with van der Waals surface area (Å²) >= 11 is 0. The van der Waals surface area contributed by atoms with E-state index in [1.54, 1.807) is 0 Å². The Morgan fingerprint density at radius 2 is 1.26 bits per heavy atom. The van der Waals surface area contributed by atoms with E-state index in [0.29, 0.717) is 30.3 Å². The Morgan fingerprint density at radius 3 is 1.71 bits per heavy atom. The first-order chi connectivity index (χ1) is 15.9. The standard InChI is InChI=1S/C25H29NO3.CH4O3S/c1-17(2)26-16-23(27)20-9-14-24(28-21-10-5-18(3)6-11-21)25(15-20)29-22-12-7-19(4)8-13-22;1-5(2,3)4/h5-15,17,23,26-27H,16H2,1-4H3;1H3,(H,2,3,4). The molecule has 0 aliphatic carbocycles. The van der Waals surface area contributed by atoms with E-state index >= 15 is 0 Å². The molecule has 0 amide bonds. The minimum absolute atomic E-state index is 0.303. The minimum Gasteiger partial charge on any atom is -0.453 e. The van der Waals surface area contributed by atoms with E-state index in [-0.39, 0.29) is 0 Å². The molecule has 3 N–H and O–H groups in total. The first-order valence-electron chi connectivity index (χ1n) is 10.9. The average Bonchev–Trinajstić information content (AvgIpc) is 2.75. The van der Waals surface area contributed by atoms with Crippen LogP contribution in [0.1, 0.15) is 36.6 Å². The Labute approximate surface area is 202 Å². The van der Waals surface area contributed by atoms with Gasteiger partial charge in [-0.1, -0.05) is 55.3 Å². The van der Waals surface area contributed by atoms with Crippen LogP contribution < -0.4 is 14.8 Å². The molecule has 34 heavy (non-hydrogen) atoms. The van der Waals surface area contributed by atoms with Gasteiger partial charge in [-0.25, -0.2) is 0 Å². The predicted octanol–water partition coefficient (Wildman–Crippen LogP) is 5.42. The topological polar surface area (TPSA) is 105 Å². The molecule has 3 aromatic rings. The van der Waals surface area contributed by atoms with Crippen LogP contribution in [0.25, 0.3) is 0 Å². The van der Waals surface area contributed by atoms with E-state index in [4.69, 9.17) is 14.0 Å². The van der Waals surface area contributed by atoms with Crippen molar-refractivity contribution < 1.29 is 27.6 Å². The van der Waals surface area contributed by atoms with Gasteiger partial charge in [-0.15, -0.1) is 0 Å². The SMILES string of the molecule is CS(=O)(=O)O.Cc1ccc(Oc2ccc(C(O)CNC(C)C)cc2Oc2ccc(C)cc2)cc1. The molecule has 0 heterocycles. The summed E-state index contributed by atoms with van der Waals surface area (Å²) in [6.45, 7) is 8.65. The number of aryl methyl sites for hydroxylation is 2. The molecule has 1 unspecified atom stereocenters. The monoisotopic (exact) mass is 487 g/mol. The Bertz CT molecular complexity index is 1130. The van der Waals surface area contributed by atoms with Gasteiger partial charge in [0.2, 0.25) is 0 Å². The van der Waals surface area contributed by atoms with Crippen molar-refractivity contribution >= 4 is 10.1 Å². The highest BCUT2D eigenvalue weighted by Crippen LogP contribution is 2.37. The van der Waals surface area contributed by atoms with Crippen LogP contribution in [-0.4, -0.2) is 36.9 Å². The van der Waals surface area contributed by atoms with Gasteiger partial charge in [0.05, 0.1) is 12.4 Å². The molecule has 0 saturated heterocycles. The van der Waals surface area contributed by atoms with E-state index in [0.717, 1.165) is 22.6 Å². The molecular formula is C26H33NO6S. The highest BCUT2D eigenvalue weighted by atomic mass is 32.2. The minimum atomic E-state index is -3.67. The second-order valence-electron chi connectivity index (χ2n) is 8.35. The lowest BCUT2D eigenvalue weighted by molar-refractivity contribution is 0.171. The lowest BCUT2D eigenvalue weighted by atomic mass is 10.1. The second-order valence-corrected chi connectivity index (χ2v) is 9.81. The molecule has 0 fully saturated rings. The normalized spacial score (nSPS) is 12.0. The molecule has 0 radical (unpaired) electrons. The van der Waals surface area contributed by atoms with Crippen molar-refractivity contribution in [2.75, 3.05) is 12.8 Å². The summed E-state index contributed by atoms with van der Waals surface area (Å²) in [7, 11) is -3.67. The van der Waals surface area contributed by atoms with Gasteiger partial charge in [0.25, 0.3) is 10.1 Å². The zero-order chi connectivity index (χ0) is 25.3. The average molecular weight is 488 g/mol. The van der Waals surface area contributed by atoms with Crippen molar-refractivity contribution in [3.05, 3.63) is 83.4 Å². The third kappa shape index (κ3) is 10.4. The molecule has 1 atom stereocenters. The van der Waals surface area contributed by atoms with E-state index < -0.39 is 16.2 Å². The molecule has 7 nitrogen and oxygen atoms in total. The number of hydrogen-bond donors (Lipinski definition) is 3. The van der Waals surface area contributed by atoms with Gasteiger partial charge in [0.15, 0.2) is 11.5 Å². The quantitative estimate of drug-likeness (QED) is 0.364. The van der Waals surface area contributed by atoms with Gasteiger partial charge in [-0.3, -0.25) is 4.55 Å². The fourth-order valence-corrected chi connectivity index (χ4v) is 2.83. The lowest BCUT2D eigenvalue weighted by Crippen LogP contribution is -2.27. The molecule has 0 aliphatic heterocycles. The molecule has 0 spiro atoms. The number of rotatable bonds is 8. The molecule has 0 aliphatic rings. The molecule has 0 aromatic heterocycles. The maximum atomic E-state index is 10.5. The molecule has 0 bridgehead atoms. The van der Waals surface area contributed by atoms with Crippen molar-refractivity contribution in [2.45, 2.75) is 39.8 Å². The first kappa shape index (κ1) is 27.3. The number of hydrogen-bond acceptors (Lipinski definition) is 6. The Morgan fingerprint density at radius 1 is 0.824 bits per heavy atom. The van der Waals surface area contributed by atoms with Gasteiger partial charge < -0.3 is 19.9 Å². The van der Waals surface area contributed by atoms with Crippen LogP contribution in [0, 0.1) is 13.8 Å². The van der Waals surface area contributed by atoms with Gasteiger partial charge in [-0.05, 0) is 55.8 Å². The third-order valence-electron chi connectivity index (χ3n) is 4.57. The third-order valence-corrected chi connectivity index (χ3v) is 4.57. The summed E-state index contributed by atoms with van der Waals surface area (Å²) in [5.74, 6) is 2.62. The Kier molecular flexibility index (Phi) is 10.1. The molecule has 3 aromatic carbocycles. The van der Waals surface area contributed by atoms with Crippen molar-refractivity contribution in [2.24, 2.45) is 0 Å². The highest BCUT2D eigenvalue weighted by Gasteiger charge is 2.14. The van der Waals surface area contributed by atoms with Crippen molar-refractivity contribution in [3.8, 4) is 23.0 Å². The molecular weight excluding hydrogens is 454 g/mol. The van der Waals surface area contributed by atoms with Crippen LogP contribution in [-0.2, 0) is 10.1 Å². The fourth-order valence-electron chi connectivity index (χ4n) is 2.83. The zero-order valence-corrected chi connectivity index (χ0v) is 21.0. The second kappa shape index (κ2) is 12.5. The largest absolute Gasteiger partial charge is 0.453 e. The van der Waals surface area contributed by atoms with Gasteiger partial charge >= 0.3 is 0 Å². The summed E-state index contributed by atoms with van der Waals surface area (Å²) in [6.07, 6.45) is 0.0821. The summed E-state index contributed by atoms with van der Waals surface area (Å²) in [5, 5.41) is 13.8. The molecule has 3 rings (SSSR count). The zero-order valence-electron chi connectivity index (χ0n) is 20.1. The summed E-state index contributed by atoms with van der Waals surface area (Å²) < 4.78 is 38.1. The van der Waals surface area contributed by atoms with Gasteiger partial charge in [-0.2, -0.15) is 8.42 Å². The molecule has 8 heteroatoms. The summed E-state index contributed by atoms with van der Waals surface area (Å²) in [5.41, 5.74) is 3.11. The van der Waals surface area contributed by atoms with Gasteiger partial charge in [0, 0.05) is 12.6 Å². The van der Waals surface area contributed by atoms with Gasteiger partial charge in [0.1, 0.15) is 11.5 Å². The van der Waals surface area contributed by atoms with Crippen molar-refractivity contribution in [1.82, 2.24) is 5.32 Å². The number of ether oxygens (including phenoxy) is 2. The van der Waals surface area contributed by atoms with E-state index in [9.17, 15) is 13.5 Å². The summed E-state index contributed by atoms with van der Waals surface area (Å²) in [4.78, 5) is 0. The van der Waals surface area contributed by atoms with E-state index in [1.807, 2.05) is 80.6 Å². The molecule has 184 valence electrons. The lowest BCUT2D eigenvalue weighted by Gasteiger charge is -2.18. The van der Waals surface area contributed by atoms with E-state index in [1.165, 1.54) is 5.56 Å². The number of benzene rings is 3. The van der Waals surface area contributed by atoms with Crippen molar-refractivity contribution in [3.63, 3.8) is 0 Å². The van der Waals surface area contributed by atoms with Crippen LogP contribution in [0.15, 0.2) is 66.7 Å².